The minimum Gasteiger partial charge on any atom is -0.486 e. The molecule has 2 heterocycles. The van der Waals surface area contributed by atoms with Gasteiger partial charge in [-0.05, 0) is 12.1 Å². The fourth-order valence-electron chi connectivity index (χ4n) is 2.88. The second-order valence-electron chi connectivity index (χ2n) is 5.97. The van der Waals surface area contributed by atoms with Gasteiger partial charge in [0, 0.05) is 31.3 Å². The van der Waals surface area contributed by atoms with Crippen molar-refractivity contribution < 1.29 is 33.7 Å². The van der Waals surface area contributed by atoms with Crippen molar-refractivity contribution in [2.24, 2.45) is 5.92 Å². The summed E-state index contributed by atoms with van der Waals surface area (Å²) in [6.07, 6.45) is 0.121. The van der Waals surface area contributed by atoms with E-state index in [-0.39, 0.29) is 37.9 Å². The van der Waals surface area contributed by atoms with Gasteiger partial charge < -0.3 is 29.5 Å². The number of carbonyl (C=O) groups is 3. The van der Waals surface area contributed by atoms with E-state index in [1.165, 1.54) is 0 Å². The van der Waals surface area contributed by atoms with Crippen LogP contribution in [-0.2, 0) is 19.1 Å². The lowest BCUT2D eigenvalue weighted by molar-refractivity contribution is -0.142. The summed E-state index contributed by atoms with van der Waals surface area (Å²) in [6.45, 7) is 1.12. The monoisotopic (exact) mass is 364 g/mol. The van der Waals surface area contributed by atoms with Crippen LogP contribution < -0.4 is 19.7 Å². The molecule has 3 rings (SSSR count). The average Bonchev–Trinajstić information content (AvgIpc) is 3.02. The Labute approximate surface area is 149 Å². The van der Waals surface area contributed by atoms with E-state index in [4.69, 9.17) is 19.3 Å². The van der Waals surface area contributed by atoms with Gasteiger partial charge in [0.05, 0.1) is 12.5 Å². The maximum absolute atomic E-state index is 12.3. The minimum atomic E-state index is -1.06. The third-order valence-corrected chi connectivity index (χ3v) is 4.10. The second-order valence-corrected chi connectivity index (χ2v) is 5.97. The van der Waals surface area contributed by atoms with E-state index in [0.29, 0.717) is 30.4 Å². The van der Waals surface area contributed by atoms with Gasteiger partial charge in [0.25, 0.3) is 0 Å². The quantitative estimate of drug-likeness (QED) is 0.656. The third-order valence-electron chi connectivity index (χ3n) is 4.10. The lowest BCUT2D eigenvalue weighted by Gasteiger charge is -2.22. The molecule has 1 aromatic carbocycles. The first-order chi connectivity index (χ1) is 12.5. The molecule has 1 atom stereocenters. The Bertz CT molecular complexity index is 706. The molecule has 1 aromatic rings. The highest BCUT2D eigenvalue weighted by molar-refractivity contribution is 6.00. The highest BCUT2D eigenvalue weighted by Gasteiger charge is 2.35. The van der Waals surface area contributed by atoms with Crippen molar-refractivity contribution >= 4 is 23.5 Å². The summed E-state index contributed by atoms with van der Waals surface area (Å²) < 4.78 is 15.8. The molecular formula is C17H20N2O7. The molecule has 2 amide bonds. The van der Waals surface area contributed by atoms with E-state index < -0.39 is 18.5 Å². The molecule has 0 bridgehead atoms. The van der Waals surface area contributed by atoms with Gasteiger partial charge >= 0.3 is 5.97 Å². The summed E-state index contributed by atoms with van der Waals surface area (Å²) in [5.74, 6) is -0.684. The number of rotatable bonds is 7. The molecule has 1 saturated heterocycles. The molecule has 0 aromatic heterocycles. The van der Waals surface area contributed by atoms with Crippen molar-refractivity contribution in [1.82, 2.24) is 5.32 Å². The predicted octanol–water partition coefficient (Wildman–Crippen LogP) is 0.0281. The fourth-order valence-corrected chi connectivity index (χ4v) is 2.88. The number of carboxylic acids is 1. The number of carbonyl (C=O) groups excluding carboxylic acids is 2. The van der Waals surface area contributed by atoms with Crippen molar-refractivity contribution in [3.8, 4) is 11.5 Å². The van der Waals surface area contributed by atoms with E-state index in [2.05, 4.69) is 5.32 Å². The molecule has 140 valence electrons. The topological polar surface area (TPSA) is 114 Å². The van der Waals surface area contributed by atoms with Crippen LogP contribution in [-0.4, -0.2) is 62.4 Å². The molecule has 0 spiro atoms. The van der Waals surface area contributed by atoms with E-state index in [9.17, 15) is 14.4 Å². The number of hydrogen-bond acceptors (Lipinski definition) is 6. The summed E-state index contributed by atoms with van der Waals surface area (Å²) in [5, 5.41) is 11.1. The smallest absolute Gasteiger partial charge is 0.329 e. The molecule has 0 aliphatic carbocycles. The number of aliphatic carboxylic acids is 1. The van der Waals surface area contributed by atoms with Crippen LogP contribution in [0.1, 0.15) is 6.42 Å². The van der Waals surface area contributed by atoms with Crippen molar-refractivity contribution in [3.05, 3.63) is 18.2 Å². The Morgan fingerprint density at radius 1 is 1.27 bits per heavy atom. The molecule has 9 heteroatoms. The normalized spacial score (nSPS) is 18.7. The molecule has 26 heavy (non-hydrogen) atoms. The number of carboxylic acid groups (broad SMARTS) is 1. The van der Waals surface area contributed by atoms with Gasteiger partial charge in [-0.25, -0.2) is 4.79 Å². The maximum Gasteiger partial charge on any atom is 0.329 e. The Morgan fingerprint density at radius 2 is 2.04 bits per heavy atom. The number of nitrogens with one attached hydrogen (secondary N) is 1. The van der Waals surface area contributed by atoms with Gasteiger partial charge in [0.1, 0.15) is 19.8 Å². The molecule has 9 nitrogen and oxygen atoms in total. The third kappa shape index (κ3) is 4.23. The molecule has 1 unspecified atom stereocenters. The zero-order chi connectivity index (χ0) is 18.5. The van der Waals surface area contributed by atoms with Crippen LogP contribution in [0.25, 0.3) is 0 Å². The first-order valence-electron chi connectivity index (χ1n) is 8.32. The van der Waals surface area contributed by atoms with Crippen molar-refractivity contribution in [2.75, 3.05) is 44.4 Å². The average molecular weight is 364 g/mol. The zero-order valence-corrected chi connectivity index (χ0v) is 14.1. The SMILES string of the molecule is O=C(O)COCCNC(=O)C1CC(=O)N(c2ccc3c(c2)OCCO3)C1. The zero-order valence-electron chi connectivity index (χ0n) is 14.1. The highest BCUT2D eigenvalue weighted by atomic mass is 16.6. The van der Waals surface area contributed by atoms with Gasteiger partial charge in [-0.15, -0.1) is 0 Å². The number of amides is 2. The summed E-state index contributed by atoms with van der Waals surface area (Å²) in [4.78, 5) is 36.4. The van der Waals surface area contributed by atoms with Crippen LogP contribution >= 0.6 is 0 Å². The molecule has 0 radical (unpaired) electrons. The number of anilines is 1. The summed E-state index contributed by atoms with van der Waals surface area (Å²) >= 11 is 0. The van der Waals surface area contributed by atoms with Crippen LogP contribution in [0.4, 0.5) is 5.69 Å². The van der Waals surface area contributed by atoms with Crippen molar-refractivity contribution in [3.63, 3.8) is 0 Å². The lowest BCUT2D eigenvalue weighted by Crippen LogP contribution is -2.35. The van der Waals surface area contributed by atoms with Gasteiger partial charge in [-0.2, -0.15) is 0 Å². The summed E-state index contributed by atoms with van der Waals surface area (Å²) in [6, 6.07) is 5.27. The minimum absolute atomic E-state index is 0.102. The fraction of sp³-hybridized carbons (Fsp3) is 0.471. The molecule has 2 aliphatic rings. The van der Waals surface area contributed by atoms with Gasteiger partial charge in [0.2, 0.25) is 11.8 Å². The van der Waals surface area contributed by atoms with Gasteiger partial charge in [0.15, 0.2) is 11.5 Å². The van der Waals surface area contributed by atoms with Crippen LogP contribution in [0.5, 0.6) is 11.5 Å². The Morgan fingerprint density at radius 3 is 2.81 bits per heavy atom. The number of nitrogens with zero attached hydrogens (tertiary/aromatic N) is 1. The highest BCUT2D eigenvalue weighted by Crippen LogP contribution is 2.35. The van der Waals surface area contributed by atoms with E-state index in [1.807, 2.05) is 0 Å². The number of benzene rings is 1. The number of fused-ring (bicyclic) bond motifs is 1. The molecule has 2 N–H and O–H groups in total. The van der Waals surface area contributed by atoms with Crippen LogP contribution in [0.15, 0.2) is 18.2 Å². The summed E-state index contributed by atoms with van der Waals surface area (Å²) in [5.41, 5.74) is 0.666. The Kier molecular flexibility index (Phi) is 5.57. The lowest BCUT2D eigenvalue weighted by atomic mass is 10.1. The predicted molar refractivity (Wildman–Crippen MR) is 89.4 cm³/mol. The largest absolute Gasteiger partial charge is 0.486 e. The second kappa shape index (κ2) is 8.05. The molecule has 2 aliphatic heterocycles. The van der Waals surface area contributed by atoms with Gasteiger partial charge in [-0.1, -0.05) is 0 Å². The van der Waals surface area contributed by atoms with Crippen LogP contribution in [0.2, 0.25) is 0 Å². The first kappa shape index (κ1) is 18.0. The number of ether oxygens (including phenoxy) is 3. The molecular weight excluding hydrogens is 344 g/mol. The number of hydrogen-bond donors (Lipinski definition) is 2. The molecule has 0 saturated carbocycles. The first-order valence-corrected chi connectivity index (χ1v) is 8.32. The Balaban J connectivity index is 1.53. The van der Waals surface area contributed by atoms with Crippen LogP contribution in [0.3, 0.4) is 0 Å². The summed E-state index contributed by atoms with van der Waals surface area (Å²) in [7, 11) is 0. The maximum atomic E-state index is 12.3. The van der Waals surface area contributed by atoms with Crippen LogP contribution in [0, 0.1) is 5.92 Å². The standard InChI is InChI=1S/C17H20N2O7/c20-15-7-11(17(23)18-3-4-24-10-16(21)22)9-19(15)12-1-2-13-14(8-12)26-6-5-25-13/h1-2,8,11H,3-7,9-10H2,(H,18,23)(H,21,22). The van der Waals surface area contributed by atoms with Gasteiger partial charge in [-0.3, -0.25) is 9.59 Å². The Hall–Kier alpha value is -2.81. The molecule has 1 fully saturated rings. The van der Waals surface area contributed by atoms with E-state index >= 15 is 0 Å². The van der Waals surface area contributed by atoms with Crippen molar-refractivity contribution in [1.29, 1.82) is 0 Å². The van der Waals surface area contributed by atoms with Crippen molar-refractivity contribution in [2.45, 2.75) is 6.42 Å². The van der Waals surface area contributed by atoms with E-state index in [0.717, 1.165) is 0 Å². The van der Waals surface area contributed by atoms with E-state index in [1.54, 1.807) is 23.1 Å².